The molecule has 1 aromatic carbocycles. The normalized spacial score (nSPS) is 21.7. The van der Waals surface area contributed by atoms with Gasteiger partial charge in [-0.25, -0.2) is 4.39 Å². The van der Waals surface area contributed by atoms with Gasteiger partial charge in [0, 0.05) is 6.08 Å². The molecule has 2 N–H and O–H groups in total. The van der Waals surface area contributed by atoms with Gasteiger partial charge >= 0.3 is 0 Å². The molecule has 0 heterocycles. The fourth-order valence-corrected chi connectivity index (χ4v) is 2.09. The second-order valence-corrected chi connectivity index (χ2v) is 3.91. The molecule has 0 saturated heterocycles. The van der Waals surface area contributed by atoms with Crippen LogP contribution in [0.2, 0.25) is 0 Å². The molecule has 0 saturated carbocycles. The third-order valence-electron chi connectivity index (χ3n) is 2.73. The summed E-state index contributed by atoms with van der Waals surface area (Å²) < 4.78 is 13.1. The van der Waals surface area contributed by atoms with Crippen molar-refractivity contribution in [2.24, 2.45) is 5.73 Å². The van der Waals surface area contributed by atoms with Gasteiger partial charge < -0.3 is 5.73 Å². The predicted octanol–water partition coefficient (Wildman–Crippen LogP) is 2.20. The number of benzene rings is 1. The lowest BCUT2D eigenvalue weighted by Crippen LogP contribution is -2.06. The highest BCUT2D eigenvalue weighted by Gasteiger charge is 2.23. The number of halogens is 1. The van der Waals surface area contributed by atoms with E-state index in [1.54, 1.807) is 6.07 Å². The minimum Gasteiger partial charge on any atom is -0.366 e. The van der Waals surface area contributed by atoms with E-state index in [2.05, 4.69) is 6.92 Å². The zero-order chi connectivity index (χ0) is 11.0. The molecule has 0 fully saturated rings. The summed E-state index contributed by atoms with van der Waals surface area (Å²) in [7, 11) is 0. The standard InChI is InChI=1S/C12H12FNO/c1-7-4-8(5-12(14)15)11-6-9(13)2-3-10(7)11/h2-3,5-7H,4H2,1H3,(H2,14,15). The smallest absolute Gasteiger partial charge is 0.241 e. The zero-order valence-electron chi connectivity index (χ0n) is 8.46. The molecular formula is C12H12FNO. The van der Waals surface area contributed by atoms with Gasteiger partial charge in [0.15, 0.2) is 0 Å². The molecule has 0 spiro atoms. The number of carbonyl (C=O) groups excluding carboxylic acids is 1. The molecule has 78 valence electrons. The Bertz CT molecular complexity index is 451. The maximum Gasteiger partial charge on any atom is 0.241 e. The van der Waals surface area contributed by atoms with Crippen LogP contribution in [0.3, 0.4) is 0 Å². The third kappa shape index (κ3) is 1.77. The van der Waals surface area contributed by atoms with Crippen molar-refractivity contribution in [1.29, 1.82) is 0 Å². The third-order valence-corrected chi connectivity index (χ3v) is 2.73. The van der Waals surface area contributed by atoms with Crippen molar-refractivity contribution in [3.05, 3.63) is 41.2 Å². The van der Waals surface area contributed by atoms with Gasteiger partial charge in [-0.2, -0.15) is 0 Å². The van der Waals surface area contributed by atoms with Gasteiger partial charge in [0.05, 0.1) is 0 Å². The average Bonchev–Trinajstić information content (AvgIpc) is 2.42. The highest BCUT2D eigenvalue weighted by Crippen LogP contribution is 2.40. The first-order valence-electron chi connectivity index (χ1n) is 4.87. The molecule has 2 nitrogen and oxygen atoms in total. The molecule has 0 bridgehead atoms. The van der Waals surface area contributed by atoms with Crippen LogP contribution in [0.1, 0.15) is 30.4 Å². The largest absolute Gasteiger partial charge is 0.366 e. The monoisotopic (exact) mass is 205 g/mol. The number of fused-ring (bicyclic) bond motifs is 1. The average molecular weight is 205 g/mol. The summed E-state index contributed by atoms with van der Waals surface area (Å²) in [6, 6.07) is 4.69. The molecular weight excluding hydrogens is 193 g/mol. The van der Waals surface area contributed by atoms with Crippen molar-refractivity contribution < 1.29 is 9.18 Å². The van der Waals surface area contributed by atoms with Crippen molar-refractivity contribution in [1.82, 2.24) is 0 Å². The molecule has 1 amide bonds. The van der Waals surface area contributed by atoms with E-state index >= 15 is 0 Å². The van der Waals surface area contributed by atoms with Crippen molar-refractivity contribution >= 4 is 11.5 Å². The number of hydrogen-bond acceptors (Lipinski definition) is 1. The summed E-state index contributed by atoms with van der Waals surface area (Å²) in [5.74, 6) is -0.432. The first-order valence-corrected chi connectivity index (χ1v) is 4.87. The molecule has 2 rings (SSSR count). The predicted molar refractivity (Wildman–Crippen MR) is 56.6 cm³/mol. The summed E-state index contributed by atoms with van der Waals surface area (Å²) in [5, 5.41) is 0. The molecule has 1 aliphatic rings. The summed E-state index contributed by atoms with van der Waals surface area (Å²) in [6.07, 6.45) is 2.14. The Kier molecular flexibility index (Phi) is 2.31. The van der Waals surface area contributed by atoms with Crippen molar-refractivity contribution in [3.63, 3.8) is 0 Å². The van der Waals surface area contributed by atoms with Crippen LogP contribution in [0.25, 0.3) is 5.57 Å². The van der Waals surface area contributed by atoms with E-state index in [-0.39, 0.29) is 5.82 Å². The number of amides is 1. The van der Waals surface area contributed by atoms with Crippen molar-refractivity contribution in [3.8, 4) is 0 Å². The quantitative estimate of drug-likeness (QED) is 0.702. The Morgan fingerprint density at radius 2 is 2.33 bits per heavy atom. The van der Waals surface area contributed by atoms with Gasteiger partial charge in [-0.3, -0.25) is 4.79 Å². The van der Waals surface area contributed by atoms with Crippen LogP contribution in [0.15, 0.2) is 24.3 Å². The highest BCUT2D eigenvalue weighted by atomic mass is 19.1. The SMILES string of the molecule is CC1CC(=CC(N)=O)c2cc(F)ccc21. The van der Waals surface area contributed by atoms with Crippen molar-refractivity contribution in [2.45, 2.75) is 19.3 Å². The van der Waals surface area contributed by atoms with Crippen LogP contribution in [-0.4, -0.2) is 5.91 Å². The zero-order valence-corrected chi connectivity index (χ0v) is 8.46. The second-order valence-electron chi connectivity index (χ2n) is 3.91. The van der Waals surface area contributed by atoms with E-state index in [0.717, 1.165) is 23.1 Å². The second kappa shape index (κ2) is 3.50. The molecule has 0 aliphatic heterocycles. The van der Waals surface area contributed by atoms with E-state index in [0.29, 0.717) is 5.92 Å². The van der Waals surface area contributed by atoms with E-state index < -0.39 is 5.91 Å². The Balaban J connectivity index is 2.53. The summed E-state index contributed by atoms with van der Waals surface area (Å²) in [4.78, 5) is 10.8. The number of nitrogens with two attached hydrogens (primary N) is 1. The summed E-state index contributed by atoms with van der Waals surface area (Å²) in [5.41, 5.74) is 7.85. The van der Waals surface area contributed by atoms with E-state index in [4.69, 9.17) is 5.73 Å². The highest BCUT2D eigenvalue weighted by molar-refractivity contribution is 5.95. The Morgan fingerprint density at radius 1 is 1.60 bits per heavy atom. The first-order chi connectivity index (χ1) is 7.08. The lowest BCUT2D eigenvalue weighted by molar-refractivity contribution is -0.113. The van der Waals surface area contributed by atoms with Crippen LogP contribution in [0, 0.1) is 5.82 Å². The van der Waals surface area contributed by atoms with Gasteiger partial charge in [-0.15, -0.1) is 0 Å². The van der Waals surface area contributed by atoms with Gasteiger partial charge in [-0.05, 0) is 41.2 Å². The Labute approximate surface area is 87.6 Å². The minimum absolute atomic E-state index is 0.279. The summed E-state index contributed by atoms with van der Waals surface area (Å²) >= 11 is 0. The molecule has 15 heavy (non-hydrogen) atoms. The fourth-order valence-electron chi connectivity index (χ4n) is 2.09. The lowest BCUT2D eigenvalue weighted by atomic mass is 10.0. The first kappa shape index (κ1) is 9.90. The molecule has 0 radical (unpaired) electrons. The molecule has 1 aromatic rings. The molecule has 1 aliphatic carbocycles. The van der Waals surface area contributed by atoms with Gasteiger partial charge in [-0.1, -0.05) is 13.0 Å². The van der Waals surface area contributed by atoms with Crippen LogP contribution in [0.4, 0.5) is 4.39 Å². The molecule has 3 heteroatoms. The van der Waals surface area contributed by atoms with Crippen LogP contribution < -0.4 is 5.73 Å². The van der Waals surface area contributed by atoms with E-state index in [1.165, 1.54) is 18.2 Å². The summed E-state index contributed by atoms with van der Waals surface area (Å²) in [6.45, 7) is 2.05. The van der Waals surface area contributed by atoms with Gasteiger partial charge in [0.25, 0.3) is 0 Å². The topological polar surface area (TPSA) is 43.1 Å². The minimum atomic E-state index is -0.477. The van der Waals surface area contributed by atoms with E-state index in [9.17, 15) is 9.18 Å². The van der Waals surface area contributed by atoms with Crippen molar-refractivity contribution in [2.75, 3.05) is 0 Å². The van der Waals surface area contributed by atoms with Crippen LogP contribution in [0.5, 0.6) is 0 Å². The van der Waals surface area contributed by atoms with Gasteiger partial charge in [0.1, 0.15) is 5.82 Å². The fraction of sp³-hybridized carbons (Fsp3) is 0.250. The number of carbonyl (C=O) groups is 1. The Hall–Kier alpha value is -1.64. The Morgan fingerprint density at radius 3 is 3.00 bits per heavy atom. The molecule has 1 atom stereocenters. The maximum atomic E-state index is 13.1. The number of primary amides is 1. The molecule has 0 aromatic heterocycles. The van der Waals surface area contributed by atoms with E-state index in [1.807, 2.05) is 0 Å². The number of allylic oxidation sites excluding steroid dienone is 1. The van der Waals surface area contributed by atoms with Gasteiger partial charge in [0.2, 0.25) is 5.91 Å². The number of rotatable bonds is 1. The lowest BCUT2D eigenvalue weighted by Gasteiger charge is -2.02. The molecule has 1 unspecified atom stereocenters. The van der Waals surface area contributed by atoms with Crippen LogP contribution in [-0.2, 0) is 4.79 Å². The van der Waals surface area contributed by atoms with Crippen LogP contribution >= 0.6 is 0 Å². The maximum absolute atomic E-state index is 13.1. The number of hydrogen-bond donors (Lipinski definition) is 1.